The maximum Gasteiger partial charge on any atom is 0.148 e. The van der Waals surface area contributed by atoms with Crippen LogP contribution in [0, 0.1) is 12.7 Å². The lowest BCUT2D eigenvalue weighted by molar-refractivity contribution is 0.415. The molecule has 0 saturated heterocycles. The third-order valence-electron chi connectivity index (χ3n) is 2.39. The number of halogens is 1. The van der Waals surface area contributed by atoms with Crippen LogP contribution < -0.4 is 16.0 Å². The van der Waals surface area contributed by atoms with Crippen molar-refractivity contribution in [3.05, 3.63) is 29.6 Å². The summed E-state index contributed by atoms with van der Waals surface area (Å²) in [6, 6.07) is 4.52. The van der Waals surface area contributed by atoms with Crippen molar-refractivity contribution < 1.29 is 9.13 Å². The molecule has 0 aliphatic heterocycles. The zero-order valence-electron chi connectivity index (χ0n) is 9.04. The Kier molecular flexibility index (Phi) is 2.62. The lowest BCUT2D eigenvalue weighted by Crippen LogP contribution is -2.10. The fourth-order valence-electron chi connectivity index (χ4n) is 1.63. The minimum absolute atomic E-state index is 0.348. The molecule has 0 atom stereocenters. The van der Waals surface area contributed by atoms with Gasteiger partial charge in [-0.2, -0.15) is 0 Å². The van der Waals surface area contributed by atoms with Gasteiger partial charge in [0.25, 0.3) is 0 Å². The summed E-state index contributed by atoms with van der Waals surface area (Å²) in [5, 5.41) is 0.688. The van der Waals surface area contributed by atoms with E-state index in [0.717, 1.165) is 5.56 Å². The number of rotatable bonds is 2. The van der Waals surface area contributed by atoms with Gasteiger partial charge in [-0.1, -0.05) is 0 Å². The first-order valence-electron chi connectivity index (χ1n) is 4.77. The van der Waals surface area contributed by atoms with Crippen LogP contribution in [0.4, 0.5) is 10.2 Å². The van der Waals surface area contributed by atoms with E-state index in [4.69, 9.17) is 10.6 Å². The van der Waals surface area contributed by atoms with Crippen LogP contribution in [-0.4, -0.2) is 12.1 Å². The second kappa shape index (κ2) is 3.94. The van der Waals surface area contributed by atoms with E-state index >= 15 is 0 Å². The number of fused-ring (bicyclic) bond motifs is 1. The molecule has 0 saturated carbocycles. The van der Waals surface area contributed by atoms with Gasteiger partial charge >= 0.3 is 0 Å². The van der Waals surface area contributed by atoms with Gasteiger partial charge in [0.1, 0.15) is 22.9 Å². The molecule has 84 valence electrons. The molecule has 0 aliphatic carbocycles. The summed E-state index contributed by atoms with van der Waals surface area (Å²) < 4.78 is 18.3. The normalized spacial score (nSPS) is 10.5. The van der Waals surface area contributed by atoms with Gasteiger partial charge in [0, 0.05) is 11.5 Å². The van der Waals surface area contributed by atoms with Crippen LogP contribution in [0.25, 0.3) is 10.9 Å². The molecule has 2 rings (SSSR count). The standard InChI is InChI=1S/C11H12FN3O/c1-6-3-7-4-8(12)5-9(16-2)10(7)14-11(6)15-13/h3-5H,13H2,1-2H3,(H,14,15). The van der Waals surface area contributed by atoms with E-state index in [1.807, 2.05) is 13.0 Å². The molecule has 1 aromatic carbocycles. The van der Waals surface area contributed by atoms with E-state index in [0.29, 0.717) is 22.5 Å². The molecule has 0 aliphatic rings. The summed E-state index contributed by atoms with van der Waals surface area (Å²) >= 11 is 0. The molecule has 0 fully saturated rings. The number of aromatic nitrogens is 1. The smallest absolute Gasteiger partial charge is 0.148 e. The number of nitrogen functional groups attached to an aromatic ring is 1. The number of anilines is 1. The van der Waals surface area contributed by atoms with Crippen molar-refractivity contribution in [1.82, 2.24) is 4.98 Å². The number of nitrogens with one attached hydrogen (secondary N) is 1. The summed E-state index contributed by atoms with van der Waals surface area (Å²) in [5.74, 6) is 5.94. The van der Waals surface area contributed by atoms with Crippen molar-refractivity contribution in [2.24, 2.45) is 5.84 Å². The number of ether oxygens (including phenoxy) is 1. The first-order valence-corrected chi connectivity index (χ1v) is 4.77. The zero-order chi connectivity index (χ0) is 11.7. The molecular formula is C11H12FN3O. The highest BCUT2D eigenvalue weighted by Gasteiger charge is 2.09. The Hall–Kier alpha value is -1.88. The highest BCUT2D eigenvalue weighted by Crippen LogP contribution is 2.28. The Morgan fingerprint density at radius 3 is 2.75 bits per heavy atom. The van der Waals surface area contributed by atoms with Crippen LogP contribution >= 0.6 is 0 Å². The van der Waals surface area contributed by atoms with E-state index in [2.05, 4.69) is 10.4 Å². The average Bonchev–Trinajstić information content (AvgIpc) is 2.26. The largest absolute Gasteiger partial charge is 0.494 e. The highest BCUT2D eigenvalue weighted by molar-refractivity contribution is 5.87. The Morgan fingerprint density at radius 2 is 2.12 bits per heavy atom. The number of pyridine rings is 1. The number of methoxy groups -OCH3 is 1. The molecule has 0 spiro atoms. The Bertz CT molecular complexity index is 542. The molecule has 0 unspecified atom stereocenters. The van der Waals surface area contributed by atoms with Crippen molar-refractivity contribution in [2.75, 3.05) is 12.5 Å². The predicted octanol–water partition coefficient (Wildman–Crippen LogP) is 1.98. The van der Waals surface area contributed by atoms with Gasteiger partial charge in [0.2, 0.25) is 0 Å². The molecular weight excluding hydrogens is 209 g/mol. The van der Waals surface area contributed by atoms with Gasteiger partial charge in [0.15, 0.2) is 0 Å². The van der Waals surface area contributed by atoms with Crippen molar-refractivity contribution in [3.8, 4) is 5.75 Å². The van der Waals surface area contributed by atoms with Gasteiger partial charge < -0.3 is 10.2 Å². The van der Waals surface area contributed by atoms with Crippen LogP contribution in [0.5, 0.6) is 5.75 Å². The number of benzene rings is 1. The van der Waals surface area contributed by atoms with Crippen molar-refractivity contribution in [3.63, 3.8) is 0 Å². The summed E-state index contributed by atoms with van der Waals surface area (Å²) in [6.45, 7) is 1.85. The molecule has 4 nitrogen and oxygen atoms in total. The number of nitrogens with zero attached hydrogens (tertiary/aromatic N) is 1. The first kappa shape index (κ1) is 10.6. The zero-order valence-corrected chi connectivity index (χ0v) is 9.04. The maximum atomic E-state index is 13.3. The van der Waals surface area contributed by atoms with Crippen molar-refractivity contribution in [2.45, 2.75) is 6.92 Å². The molecule has 1 heterocycles. The summed E-state index contributed by atoms with van der Waals surface area (Å²) in [5.41, 5.74) is 3.93. The molecule has 0 radical (unpaired) electrons. The molecule has 1 aromatic heterocycles. The average molecular weight is 221 g/mol. The lowest BCUT2D eigenvalue weighted by atomic mass is 10.1. The minimum atomic E-state index is -0.348. The molecule has 3 N–H and O–H groups in total. The lowest BCUT2D eigenvalue weighted by Gasteiger charge is -2.09. The SMILES string of the molecule is COc1cc(F)cc2cc(C)c(NN)nc12. The Balaban J connectivity index is 2.79. The summed E-state index contributed by atoms with van der Waals surface area (Å²) in [6.07, 6.45) is 0. The number of hydrazine groups is 1. The van der Waals surface area contributed by atoms with Crippen molar-refractivity contribution in [1.29, 1.82) is 0 Å². The topological polar surface area (TPSA) is 60.2 Å². The minimum Gasteiger partial charge on any atom is -0.494 e. The van der Waals surface area contributed by atoms with Gasteiger partial charge in [-0.15, -0.1) is 0 Å². The Morgan fingerprint density at radius 1 is 1.38 bits per heavy atom. The predicted molar refractivity (Wildman–Crippen MR) is 60.8 cm³/mol. The van der Waals surface area contributed by atoms with Gasteiger partial charge in [0.05, 0.1) is 7.11 Å². The van der Waals surface area contributed by atoms with Crippen LogP contribution in [0.15, 0.2) is 18.2 Å². The van der Waals surface area contributed by atoms with Gasteiger partial charge in [-0.05, 0) is 24.6 Å². The monoisotopic (exact) mass is 221 g/mol. The van der Waals surface area contributed by atoms with E-state index in [1.54, 1.807) is 0 Å². The summed E-state index contributed by atoms with van der Waals surface area (Å²) in [7, 11) is 1.48. The second-order valence-electron chi connectivity index (χ2n) is 3.48. The van der Waals surface area contributed by atoms with E-state index in [-0.39, 0.29) is 5.82 Å². The number of nitrogens with two attached hydrogens (primary N) is 1. The fraction of sp³-hybridized carbons (Fsp3) is 0.182. The van der Waals surface area contributed by atoms with Crippen LogP contribution in [0.1, 0.15) is 5.56 Å². The van der Waals surface area contributed by atoms with E-state index in [9.17, 15) is 4.39 Å². The Labute approximate surface area is 92.2 Å². The van der Waals surface area contributed by atoms with E-state index in [1.165, 1.54) is 19.2 Å². The number of aryl methyl sites for hydroxylation is 1. The van der Waals surface area contributed by atoms with Crippen LogP contribution in [0.3, 0.4) is 0 Å². The van der Waals surface area contributed by atoms with E-state index < -0.39 is 0 Å². The van der Waals surface area contributed by atoms with Gasteiger partial charge in [-0.25, -0.2) is 15.2 Å². The highest BCUT2D eigenvalue weighted by atomic mass is 19.1. The molecule has 5 heteroatoms. The number of hydrogen-bond donors (Lipinski definition) is 2. The second-order valence-corrected chi connectivity index (χ2v) is 3.48. The summed E-state index contributed by atoms with van der Waals surface area (Å²) in [4.78, 5) is 4.28. The number of hydrogen-bond acceptors (Lipinski definition) is 4. The first-order chi connectivity index (χ1) is 7.65. The molecule has 16 heavy (non-hydrogen) atoms. The molecule has 0 bridgehead atoms. The third kappa shape index (κ3) is 1.65. The van der Waals surface area contributed by atoms with Crippen molar-refractivity contribution >= 4 is 16.7 Å². The molecule has 0 amide bonds. The third-order valence-corrected chi connectivity index (χ3v) is 2.39. The van der Waals surface area contributed by atoms with Gasteiger partial charge in [-0.3, -0.25) is 0 Å². The quantitative estimate of drug-likeness (QED) is 0.601. The van der Waals surface area contributed by atoms with Crippen LogP contribution in [0.2, 0.25) is 0 Å². The maximum absolute atomic E-state index is 13.3. The van der Waals surface area contributed by atoms with Crippen LogP contribution in [-0.2, 0) is 0 Å². The molecule has 2 aromatic rings. The fourth-order valence-corrected chi connectivity index (χ4v) is 1.63.